The van der Waals surface area contributed by atoms with Crippen molar-refractivity contribution in [1.82, 2.24) is 0 Å². The van der Waals surface area contributed by atoms with Crippen molar-refractivity contribution in [2.24, 2.45) is 17.8 Å². The minimum absolute atomic E-state index is 0.142. The van der Waals surface area contributed by atoms with Gasteiger partial charge in [-0.25, -0.2) is 0 Å². The smallest absolute Gasteiger partial charge is 0.268 e. The van der Waals surface area contributed by atoms with E-state index < -0.39 is 196 Å². The van der Waals surface area contributed by atoms with Crippen LogP contribution in [0.4, 0.5) is 0 Å². The summed E-state index contributed by atoms with van der Waals surface area (Å²) in [5.41, 5.74) is 0. The van der Waals surface area contributed by atoms with E-state index in [1.807, 2.05) is 0 Å². The summed E-state index contributed by atoms with van der Waals surface area (Å²) in [6, 6.07) is 0. The first-order chi connectivity index (χ1) is 36.6. The van der Waals surface area contributed by atoms with Crippen molar-refractivity contribution in [2.75, 3.05) is 126 Å². The third-order valence-corrected chi connectivity index (χ3v) is 17.0. The average molecular weight is 1380 g/mol. The van der Waals surface area contributed by atoms with Crippen molar-refractivity contribution in [1.29, 1.82) is 0 Å². The number of rotatable bonds is 51. The van der Waals surface area contributed by atoms with E-state index in [1.165, 1.54) is 13.8 Å². The maximum atomic E-state index is 11.9. The molecule has 80 heavy (non-hydrogen) atoms. The van der Waals surface area contributed by atoms with Gasteiger partial charge in [0.05, 0.1) is 119 Å². The van der Waals surface area contributed by atoms with Gasteiger partial charge in [-0.1, -0.05) is 20.8 Å². The second-order valence-electron chi connectivity index (χ2n) is 14.4. The van der Waals surface area contributed by atoms with Crippen LogP contribution in [0.25, 0.3) is 0 Å². The summed E-state index contributed by atoms with van der Waals surface area (Å²) in [5, 5.41) is 8.57. The molecular weight excluding hydrogens is 1310 g/mol. The van der Waals surface area contributed by atoms with E-state index in [0.717, 1.165) is 0 Å². The molecule has 0 radical (unpaired) electrons. The Kier molecular flexibility index (Phi) is 42.9. The van der Waals surface area contributed by atoms with Crippen LogP contribution in [0.5, 0.6) is 0 Å². The van der Waals surface area contributed by atoms with Gasteiger partial charge in [0, 0.05) is 24.4 Å². The zero-order chi connectivity index (χ0) is 62.0. The van der Waals surface area contributed by atoms with Gasteiger partial charge in [-0.15, -0.1) is 0 Å². The molecule has 13 unspecified atom stereocenters. The monoisotopic (exact) mass is 1380 g/mol. The van der Waals surface area contributed by atoms with E-state index >= 15 is 0 Å². The molecule has 13 atom stereocenters. The molecule has 0 amide bonds. The second kappa shape index (κ2) is 41.3. The van der Waals surface area contributed by atoms with Crippen molar-refractivity contribution >= 4 is 78.2 Å². The summed E-state index contributed by atoms with van der Waals surface area (Å²) in [7, 11) is -50.5. The highest BCUT2D eigenvalue weighted by Crippen LogP contribution is 2.46. The van der Waals surface area contributed by atoms with E-state index in [9.17, 15) is 94.6 Å². The van der Waals surface area contributed by atoms with Gasteiger partial charge in [0.25, 0.3) is 78.2 Å². The third kappa shape index (κ3) is 51.1. The highest BCUT2D eigenvalue weighted by atomic mass is 31.2. The van der Waals surface area contributed by atoms with Gasteiger partial charge in [0.1, 0.15) is 0 Å². The molecule has 0 aliphatic rings. The molecular formula is C29H62O41P10-10. The van der Waals surface area contributed by atoms with Crippen LogP contribution in [-0.2, 0) is 127 Å². The Morgan fingerprint density at radius 3 is 0.600 bits per heavy atom. The fourth-order valence-corrected chi connectivity index (χ4v) is 10.6. The Morgan fingerprint density at radius 1 is 0.275 bits per heavy atom. The van der Waals surface area contributed by atoms with Crippen LogP contribution in [0.3, 0.4) is 0 Å². The summed E-state index contributed by atoms with van der Waals surface area (Å²) in [4.78, 5) is 132. The number of phosphoric acid groups is 10. The fraction of sp³-hybridized carbons (Fsp3) is 1.00. The molecule has 0 spiro atoms. The number of aliphatic hydroxyl groups is 1. The summed E-state index contributed by atoms with van der Waals surface area (Å²) < 4.78 is 193. The highest BCUT2D eigenvalue weighted by Gasteiger charge is 2.21. The Hall–Kier alpha value is 1.06. The number of aliphatic hydroxyl groups excluding tert-OH is 1. The van der Waals surface area contributed by atoms with Gasteiger partial charge in [0.15, 0.2) is 0 Å². The van der Waals surface area contributed by atoms with Crippen molar-refractivity contribution in [2.45, 2.75) is 47.0 Å². The molecule has 0 aliphatic carbocycles. The van der Waals surface area contributed by atoms with Gasteiger partial charge in [-0.2, -0.15) is 0 Å². The van der Waals surface area contributed by atoms with Gasteiger partial charge >= 0.3 is 0 Å². The maximum absolute atomic E-state index is 11.9. The highest BCUT2D eigenvalue weighted by molar-refractivity contribution is 7.48. The van der Waals surface area contributed by atoms with E-state index in [1.54, 1.807) is 13.8 Å². The number of phosphoric ester groups is 10. The van der Waals surface area contributed by atoms with E-state index in [-0.39, 0.29) is 38.6 Å². The Morgan fingerprint density at radius 2 is 0.438 bits per heavy atom. The van der Waals surface area contributed by atoms with Gasteiger partial charge in [0.2, 0.25) is 0 Å². The molecule has 0 saturated heterocycles. The minimum Gasteiger partial charge on any atom is -0.756 e. The molecule has 0 aromatic carbocycles. The van der Waals surface area contributed by atoms with Gasteiger partial charge in [-0.3, -0.25) is 45.7 Å². The molecule has 0 heterocycles. The molecule has 0 saturated carbocycles. The summed E-state index contributed by atoms with van der Waals surface area (Å²) in [6.45, 7) is -8.26. The Bertz CT molecular complexity index is 2190. The molecule has 0 bridgehead atoms. The number of hydrogen-bond acceptors (Lipinski definition) is 39. The molecule has 0 rings (SSSR count). The molecule has 41 nitrogen and oxygen atoms in total. The van der Waals surface area contributed by atoms with Crippen molar-refractivity contribution in [3.8, 4) is 0 Å². The van der Waals surface area contributed by atoms with Crippen molar-refractivity contribution < 1.29 is 191 Å². The number of hydrogen-bond donors (Lipinski definition) is 3. The van der Waals surface area contributed by atoms with Crippen molar-refractivity contribution in [3.05, 3.63) is 0 Å². The maximum Gasteiger partial charge on any atom is 0.268 e. The van der Waals surface area contributed by atoms with Crippen LogP contribution >= 0.6 is 78.2 Å². The largest absolute Gasteiger partial charge is 0.756 e. The standard InChI is InChI=1S/C24H59O36P9.C5H13O5P/c1-4-23(19-57-61(25,26)27)20-59-68(40,41)55-17-15-53-66(36,37)51-13-11-49-64(32,33)47-9-7-45-63(30,31)46-8-10-48-65(34,35)50-12-14-52-67(38,39)54-16-18-56-69(42,43)60-22-24(5-2)21-58-62(28,29)44-6-3;1-2-5(3-6)4-10-11(7,8)9/h23-24H,4-22H2,1-3H3,(H,28,29)(H,30,31)(H,32,33)(H,34,35)(H,36,37)(H,38,39)(H,40,41)(H,42,43)(H2,25,26,27);5-6H,2-4H2,1H3,(H2,7,8,9)/p-10. The zero-order valence-electron chi connectivity index (χ0n) is 42.6. The van der Waals surface area contributed by atoms with E-state index in [0.29, 0.717) is 6.42 Å². The lowest BCUT2D eigenvalue weighted by Gasteiger charge is -2.28. The molecule has 0 aromatic rings. The summed E-state index contributed by atoms with van der Waals surface area (Å²) in [5.74, 6) is -1.77. The second-order valence-corrected chi connectivity index (χ2v) is 28.1. The van der Waals surface area contributed by atoms with E-state index in [4.69, 9.17) is 14.9 Å². The molecule has 51 heteroatoms. The predicted molar refractivity (Wildman–Crippen MR) is 242 cm³/mol. The topological polar surface area (TPSA) is 628 Å². The average Bonchev–Trinajstić information content (AvgIpc) is 3.32. The van der Waals surface area contributed by atoms with E-state index in [2.05, 4.69) is 81.4 Å². The summed E-state index contributed by atoms with van der Waals surface area (Å²) in [6.07, 6.45) is 0.983. The third-order valence-electron chi connectivity index (χ3n) is 8.12. The fourth-order valence-electron chi connectivity index (χ4n) is 4.10. The van der Waals surface area contributed by atoms with Crippen LogP contribution in [0.1, 0.15) is 47.0 Å². The van der Waals surface area contributed by atoms with Crippen LogP contribution in [0, 0.1) is 17.8 Å². The lowest BCUT2D eigenvalue weighted by molar-refractivity contribution is -0.238. The van der Waals surface area contributed by atoms with Gasteiger partial charge < -0.3 is 145 Å². The molecule has 484 valence electrons. The molecule has 0 aliphatic heterocycles. The van der Waals surface area contributed by atoms with Crippen LogP contribution in [0.2, 0.25) is 0 Å². The lowest BCUT2D eigenvalue weighted by Crippen LogP contribution is -2.20. The van der Waals surface area contributed by atoms with Gasteiger partial charge in [-0.05, 0) is 26.2 Å². The molecule has 0 fully saturated rings. The predicted octanol–water partition coefficient (Wildman–Crippen LogP) is -2.97. The first-order valence-corrected chi connectivity index (χ1v) is 37.0. The van der Waals surface area contributed by atoms with Crippen LogP contribution in [0.15, 0.2) is 0 Å². The Labute approximate surface area is 458 Å². The molecule has 3 N–H and O–H groups in total. The zero-order valence-corrected chi connectivity index (χ0v) is 51.6. The first kappa shape index (κ1) is 83.1. The minimum atomic E-state index is -5.25. The lowest BCUT2D eigenvalue weighted by atomic mass is 10.1. The summed E-state index contributed by atoms with van der Waals surface area (Å²) >= 11 is 0. The van der Waals surface area contributed by atoms with Crippen LogP contribution < -0.4 is 48.9 Å². The molecule has 0 aromatic heterocycles. The Balaban J connectivity index is 0. The quantitative estimate of drug-likeness (QED) is 0.0404. The SMILES string of the molecule is CCC(CO)COP(=O)([O-])O.CCOP(=O)([O-])OCC(CC)COP(=O)([O-])OCCOP(=O)([O-])OCCOP(=O)([O-])OCCOP(=O)([O-])OCCOP(=O)([O-])OCCOP(=O)([O-])OCCOP(=O)([O-])OCC(CC)COP(=O)([O-])O. The first-order valence-electron chi connectivity index (χ1n) is 22.4. The normalized spacial score (nSPS) is 20.9. The van der Waals surface area contributed by atoms with Crippen LogP contribution in [-0.4, -0.2) is 140 Å². The van der Waals surface area contributed by atoms with Crippen molar-refractivity contribution in [3.63, 3.8) is 0 Å².